The first kappa shape index (κ1) is 17.7. The van der Waals surface area contributed by atoms with Crippen LogP contribution in [0.5, 0.6) is 0 Å². The standard InChI is InChI=1S/C22H34O3/c1-19(2)16-8-11-21(4)17(20(16,3)10-9-18(19)23)7-6-14-12-15(25-24)13-22(14,21)5/h12,15-17,24H,6-11,13H2,1-5H3. The van der Waals surface area contributed by atoms with E-state index >= 15 is 0 Å². The average Bonchev–Trinajstić information content (AvgIpc) is 2.89. The quantitative estimate of drug-likeness (QED) is 0.393. The number of hydrogen-bond acceptors (Lipinski definition) is 3. The van der Waals surface area contributed by atoms with E-state index < -0.39 is 0 Å². The molecule has 25 heavy (non-hydrogen) atoms. The lowest BCUT2D eigenvalue weighted by Gasteiger charge is -2.67. The summed E-state index contributed by atoms with van der Waals surface area (Å²) in [6.45, 7) is 11.8. The highest BCUT2D eigenvalue weighted by Gasteiger charge is 2.66. The Labute approximate surface area is 152 Å². The number of hydrogen-bond donors (Lipinski definition) is 1. The van der Waals surface area contributed by atoms with Crippen LogP contribution in [0.15, 0.2) is 11.6 Å². The number of Topliss-reactive ketones (excluding diaryl/α,β-unsaturated/α-hetero) is 1. The zero-order valence-corrected chi connectivity index (χ0v) is 16.5. The Balaban J connectivity index is 1.76. The minimum Gasteiger partial charge on any atom is -0.299 e. The maximum atomic E-state index is 12.6. The molecule has 3 nitrogen and oxygen atoms in total. The number of carbonyl (C=O) groups is 1. The monoisotopic (exact) mass is 346 g/mol. The summed E-state index contributed by atoms with van der Waals surface area (Å²) in [6.07, 6.45) is 9.39. The molecule has 140 valence electrons. The molecular formula is C22H34O3. The van der Waals surface area contributed by atoms with Gasteiger partial charge in [0.25, 0.3) is 0 Å². The first-order chi connectivity index (χ1) is 11.6. The average molecular weight is 347 g/mol. The van der Waals surface area contributed by atoms with Gasteiger partial charge in [0.2, 0.25) is 0 Å². The van der Waals surface area contributed by atoms with Crippen LogP contribution in [-0.4, -0.2) is 17.1 Å². The van der Waals surface area contributed by atoms with E-state index in [4.69, 9.17) is 4.89 Å². The molecule has 0 aromatic rings. The number of carbonyl (C=O) groups excluding carboxylic acids is 1. The SMILES string of the molecule is CC1(C)C(=O)CCC2(C)C1CCC1(C)C2CCC2=CC(OO)CC21C. The van der Waals surface area contributed by atoms with Gasteiger partial charge in [-0.15, -0.1) is 0 Å². The molecular weight excluding hydrogens is 312 g/mol. The maximum Gasteiger partial charge on any atom is 0.138 e. The fourth-order valence-electron chi connectivity index (χ4n) is 7.99. The molecule has 0 aromatic carbocycles. The fraction of sp³-hybridized carbons (Fsp3) is 0.864. The Morgan fingerprint density at radius 3 is 2.44 bits per heavy atom. The van der Waals surface area contributed by atoms with Crippen molar-refractivity contribution in [3.05, 3.63) is 11.6 Å². The fourth-order valence-corrected chi connectivity index (χ4v) is 7.99. The van der Waals surface area contributed by atoms with Crippen molar-refractivity contribution in [2.45, 2.75) is 85.7 Å². The molecule has 0 radical (unpaired) electrons. The van der Waals surface area contributed by atoms with E-state index in [0.29, 0.717) is 17.6 Å². The highest BCUT2D eigenvalue weighted by molar-refractivity contribution is 5.85. The third-order valence-electron chi connectivity index (χ3n) is 9.60. The summed E-state index contributed by atoms with van der Waals surface area (Å²) in [7, 11) is 0. The van der Waals surface area contributed by atoms with Crippen LogP contribution in [0.4, 0.5) is 0 Å². The number of ketones is 1. The highest BCUT2D eigenvalue weighted by Crippen LogP contribution is 2.73. The van der Waals surface area contributed by atoms with Gasteiger partial charge in [-0.05, 0) is 66.6 Å². The lowest BCUT2D eigenvalue weighted by molar-refractivity contribution is -0.272. The maximum absolute atomic E-state index is 12.6. The van der Waals surface area contributed by atoms with Crippen molar-refractivity contribution in [3.8, 4) is 0 Å². The number of rotatable bonds is 1. The van der Waals surface area contributed by atoms with Crippen LogP contribution in [0.25, 0.3) is 0 Å². The molecule has 0 aromatic heterocycles. The van der Waals surface area contributed by atoms with Gasteiger partial charge in [-0.1, -0.05) is 46.3 Å². The summed E-state index contributed by atoms with van der Waals surface area (Å²) in [5.41, 5.74) is 1.91. The minimum atomic E-state index is -0.183. The molecule has 4 aliphatic rings. The van der Waals surface area contributed by atoms with E-state index in [2.05, 4.69) is 40.7 Å². The number of fused-ring (bicyclic) bond motifs is 5. The van der Waals surface area contributed by atoms with Crippen LogP contribution < -0.4 is 0 Å². The molecule has 4 aliphatic carbocycles. The summed E-state index contributed by atoms with van der Waals surface area (Å²) < 4.78 is 0. The molecule has 0 saturated heterocycles. The van der Waals surface area contributed by atoms with E-state index in [-0.39, 0.29) is 27.8 Å². The van der Waals surface area contributed by atoms with Crippen molar-refractivity contribution in [3.63, 3.8) is 0 Å². The molecule has 6 atom stereocenters. The number of allylic oxidation sites excluding steroid dienone is 1. The van der Waals surface area contributed by atoms with E-state index in [1.54, 1.807) is 0 Å². The predicted octanol–water partition coefficient (Wildman–Crippen LogP) is 5.40. The Kier molecular flexibility index (Phi) is 3.68. The Morgan fingerprint density at radius 1 is 1.04 bits per heavy atom. The van der Waals surface area contributed by atoms with E-state index in [0.717, 1.165) is 32.1 Å². The van der Waals surface area contributed by atoms with E-state index in [1.165, 1.54) is 18.4 Å². The third kappa shape index (κ3) is 2.03. The van der Waals surface area contributed by atoms with Crippen LogP contribution in [-0.2, 0) is 9.68 Å². The Bertz CT molecular complexity index is 635. The van der Waals surface area contributed by atoms with Crippen molar-refractivity contribution in [2.24, 2.45) is 33.5 Å². The molecule has 0 heterocycles. The first-order valence-electron chi connectivity index (χ1n) is 10.1. The van der Waals surface area contributed by atoms with Gasteiger partial charge < -0.3 is 0 Å². The lowest BCUT2D eigenvalue weighted by Crippen LogP contribution is -2.62. The third-order valence-corrected chi connectivity index (χ3v) is 9.60. The van der Waals surface area contributed by atoms with Gasteiger partial charge in [0, 0.05) is 11.8 Å². The molecule has 0 bridgehead atoms. The van der Waals surface area contributed by atoms with E-state index in [1.807, 2.05) is 0 Å². The van der Waals surface area contributed by atoms with Crippen molar-refractivity contribution >= 4 is 5.78 Å². The smallest absolute Gasteiger partial charge is 0.138 e. The summed E-state index contributed by atoms with van der Waals surface area (Å²) >= 11 is 0. The largest absolute Gasteiger partial charge is 0.299 e. The Hall–Kier alpha value is -0.670. The minimum absolute atomic E-state index is 0.114. The first-order valence-corrected chi connectivity index (χ1v) is 10.1. The second-order valence-corrected chi connectivity index (χ2v) is 10.6. The van der Waals surface area contributed by atoms with Crippen molar-refractivity contribution in [1.29, 1.82) is 0 Å². The molecule has 3 saturated carbocycles. The van der Waals surface area contributed by atoms with Gasteiger partial charge >= 0.3 is 0 Å². The van der Waals surface area contributed by atoms with Gasteiger partial charge in [-0.2, -0.15) is 0 Å². The normalized spacial score (nSPS) is 51.4. The zero-order valence-electron chi connectivity index (χ0n) is 16.5. The Morgan fingerprint density at radius 2 is 1.76 bits per heavy atom. The highest BCUT2D eigenvalue weighted by atomic mass is 17.1. The molecule has 3 fully saturated rings. The van der Waals surface area contributed by atoms with Crippen LogP contribution in [0.2, 0.25) is 0 Å². The van der Waals surface area contributed by atoms with Crippen molar-refractivity contribution < 1.29 is 14.9 Å². The molecule has 1 N–H and O–H groups in total. The molecule has 6 unspecified atom stereocenters. The van der Waals surface area contributed by atoms with Crippen LogP contribution >= 0.6 is 0 Å². The van der Waals surface area contributed by atoms with Gasteiger partial charge in [0.05, 0.1) is 0 Å². The summed E-state index contributed by atoms with van der Waals surface area (Å²) in [4.78, 5) is 17.4. The molecule has 0 aliphatic heterocycles. The summed E-state index contributed by atoms with van der Waals surface area (Å²) in [5, 5.41) is 9.26. The molecule has 4 rings (SSSR count). The second kappa shape index (κ2) is 5.19. The van der Waals surface area contributed by atoms with Crippen LogP contribution in [0.3, 0.4) is 0 Å². The van der Waals surface area contributed by atoms with Crippen LogP contribution in [0.1, 0.15) is 79.6 Å². The van der Waals surface area contributed by atoms with Gasteiger partial charge in [0.1, 0.15) is 11.9 Å². The summed E-state index contributed by atoms with van der Waals surface area (Å²) in [6, 6.07) is 0. The van der Waals surface area contributed by atoms with Crippen molar-refractivity contribution in [2.75, 3.05) is 0 Å². The lowest BCUT2D eigenvalue weighted by atomic mass is 9.36. The van der Waals surface area contributed by atoms with Crippen LogP contribution in [0, 0.1) is 33.5 Å². The van der Waals surface area contributed by atoms with Gasteiger partial charge in [-0.25, -0.2) is 4.89 Å². The molecule has 0 spiro atoms. The van der Waals surface area contributed by atoms with Gasteiger partial charge in [0.15, 0.2) is 0 Å². The topological polar surface area (TPSA) is 46.5 Å². The second-order valence-electron chi connectivity index (χ2n) is 10.6. The van der Waals surface area contributed by atoms with E-state index in [9.17, 15) is 10.1 Å². The molecule has 0 amide bonds. The zero-order chi connectivity index (χ0) is 18.3. The predicted molar refractivity (Wildman–Crippen MR) is 98.0 cm³/mol. The summed E-state index contributed by atoms with van der Waals surface area (Å²) in [5.74, 6) is 1.61. The van der Waals surface area contributed by atoms with Crippen molar-refractivity contribution in [1.82, 2.24) is 0 Å². The molecule has 3 heteroatoms. The van der Waals surface area contributed by atoms with Gasteiger partial charge in [-0.3, -0.25) is 10.1 Å².